The number of hydrogen-bond acceptors (Lipinski definition) is 8. The Bertz CT molecular complexity index is 1820. The van der Waals surface area contributed by atoms with Crippen molar-refractivity contribution in [2.75, 3.05) is 27.3 Å². The summed E-state index contributed by atoms with van der Waals surface area (Å²) in [6.07, 6.45) is 7.14. The van der Waals surface area contributed by atoms with Gasteiger partial charge in [-0.25, -0.2) is 9.37 Å². The molecule has 0 saturated heterocycles. The number of nitrogens with one attached hydrogen (secondary N) is 4. The van der Waals surface area contributed by atoms with Gasteiger partial charge in [0.15, 0.2) is 5.82 Å². The molecule has 0 aliphatic heterocycles. The second-order valence-corrected chi connectivity index (χ2v) is 10.2. The topological polar surface area (TPSA) is 123 Å². The van der Waals surface area contributed by atoms with Gasteiger partial charge < -0.3 is 15.6 Å². The van der Waals surface area contributed by atoms with Crippen LogP contribution in [0.15, 0.2) is 61.2 Å². The molecule has 4 N–H and O–H groups in total. The fraction of sp³-hybridized carbons (Fsp3) is 0.233. The summed E-state index contributed by atoms with van der Waals surface area (Å²) in [5.74, 6) is 0.266. The van der Waals surface area contributed by atoms with Crippen molar-refractivity contribution in [2.45, 2.75) is 20.0 Å². The lowest BCUT2D eigenvalue weighted by atomic mass is 10.1. The van der Waals surface area contributed by atoms with Crippen molar-refractivity contribution in [1.82, 2.24) is 50.7 Å². The first-order chi connectivity index (χ1) is 20.0. The van der Waals surface area contributed by atoms with E-state index in [0.717, 1.165) is 51.9 Å². The van der Waals surface area contributed by atoms with Gasteiger partial charge in [-0.05, 0) is 68.2 Å². The summed E-state index contributed by atoms with van der Waals surface area (Å²) in [5, 5.41) is 15.1. The molecule has 0 atom stereocenters. The number of fused-ring (bicyclic) bond motifs is 2. The number of halogens is 1. The Morgan fingerprint density at radius 2 is 1.73 bits per heavy atom. The van der Waals surface area contributed by atoms with Crippen molar-refractivity contribution in [2.24, 2.45) is 0 Å². The van der Waals surface area contributed by atoms with Crippen molar-refractivity contribution >= 4 is 21.9 Å². The highest BCUT2D eigenvalue weighted by molar-refractivity contribution is 5.96. The van der Waals surface area contributed by atoms with Crippen LogP contribution in [0.4, 0.5) is 4.39 Å². The maximum Gasteiger partial charge on any atom is 0.159 e. The third kappa shape index (κ3) is 5.68. The lowest BCUT2D eigenvalue weighted by molar-refractivity contribution is 0.367. The predicted molar refractivity (Wildman–Crippen MR) is 158 cm³/mol. The molecule has 0 aliphatic carbocycles. The molecular formula is C30H31FN10. The summed E-state index contributed by atoms with van der Waals surface area (Å²) in [6.45, 7) is 4.93. The summed E-state index contributed by atoms with van der Waals surface area (Å²) < 4.78 is 14.6. The first-order valence-corrected chi connectivity index (χ1v) is 13.5. The van der Waals surface area contributed by atoms with Gasteiger partial charge >= 0.3 is 0 Å². The molecule has 10 nitrogen and oxygen atoms in total. The molecule has 0 spiro atoms. The number of hydrogen-bond donors (Lipinski definition) is 4. The minimum absolute atomic E-state index is 0.318. The number of benzene rings is 1. The largest absolute Gasteiger partial charge is 0.336 e. The molecule has 0 bridgehead atoms. The molecule has 0 saturated carbocycles. The molecule has 0 radical (unpaired) electrons. The lowest BCUT2D eigenvalue weighted by Gasteiger charge is -2.12. The van der Waals surface area contributed by atoms with E-state index in [-0.39, 0.29) is 5.82 Å². The zero-order chi connectivity index (χ0) is 28.3. The lowest BCUT2D eigenvalue weighted by Crippen LogP contribution is -2.27. The highest BCUT2D eigenvalue weighted by Gasteiger charge is 2.18. The molecule has 208 valence electrons. The Kier molecular flexibility index (Phi) is 7.47. The van der Waals surface area contributed by atoms with Gasteiger partial charge in [-0.1, -0.05) is 6.92 Å². The van der Waals surface area contributed by atoms with Crippen LogP contribution in [0, 0.1) is 5.82 Å². The molecule has 11 heteroatoms. The van der Waals surface area contributed by atoms with Gasteiger partial charge in [-0.3, -0.25) is 25.0 Å². The third-order valence-corrected chi connectivity index (χ3v) is 6.73. The molecular weight excluding hydrogens is 519 g/mol. The third-order valence-electron chi connectivity index (χ3n) is 6.73. The summed E-state index contributed by atoms with van der Waals surface area (Å²) in [4.78, 5) is 23.9. The Hall–Kier alpha value is -4.58. The van der Waals surface area contributed by atoms with Gasteiger partial charge in [0.2, 0.25) is 0 Å². The monoisotopic (exact) mass is 550 g/mol. The van der Waals surface area contributed by atoms with Crippen molar-refractivity contribution in [3.05, 3.63) is 78.1 Å². The molecule has 6 aromatic rings. The molecule has 1 aromatic carbocycles. The second-order valence-electron chi connectivity index (χ2n) is 10.2. The van der Waals surface area contributed by atoms with Gasteiger partial charge in [-0.15, -0.1) is 0 Å². The average Bonchev–Trinajstić information content (AvgIpc) is 3.59. The zero-order valence-corrected chi connectivity index (χ0v) is 23.2. The Labute approximate surface area is 236 Å². The predicted octanol–water partition coefficient (Wildman–Crippen LogP) is 4.48. The highest BCUT2D eigenvalue weighted by atomic mass is 19.1. The number of pyridine rings is 3. The standard InChI is InChI=1S/C30H31FN10/c1-4-32-13-19-8-21(15-33-14-19)25-11-23-26(16-36-25)39-40-28(23)30-37-24-5-6-35-27(29(24)38-30)20-7-18(9-22(31)10-20)12-34-17-41(2)3/h5-11,14-16,32,34H,4,12-13,17H2,1-3H3,(H,37,38)(H,39,40). The minimum atomic E-state index is -0.318. The van der Waals surface area contributed by atoms with Crippen molar-refractivity contribution < 1.29 is 4.39 Å². The van der Waals surface area contributed by atoms with E-state index in [4.69, 9.17) is 4.98 Å². The van der Waals surface area contributed by atoms with Gasteiger partial charge in [-0.2, -0.15) is 5.10 Å². The van der Waals surface area contributed by atoms with Crippen LogP contribution < -0.4 is 10.6 Å². The number of rotatable bonds is 10. The Morgan fingerprint density at radius 3 is 2.59 bits per heavy atom. The first kappa shape index (κ1) is 26.6. The number of nitrogens with zero attached hydrogens (tertiary/aromatic N) is 6. The zero-order valence-electron chi connectivity index (χ0n) is 23.2. The van der Waals surface area contributed by atoms with Crippen molar-refractivity contribution in [1.29, 1.82) is 0 Å². The van der Waals surface area contributed by atoms with E-state index < -0.39 is 0 Å². The number of H-pyrrole nitrogens is 2. The SMILES string of the molecule is CCNCc1cncc(-c2cc3c(-c4nc5c(-c6cc(F)cc(CNCN(C)C)c6)nccc5[nH]4)n[nH]c3cn2)c1. The summed E-state index contributed by atoms with van der Waals surface area (Å²) in [7, 11) is 3.95. The van der Waals surface area contributed by atoms with E-state index in [0.29, 0.717) is 41.5 Å². The summed E-state index contributed by atoms with van der Waals surface area (Å²) >= 11 is 0. The van der Waals surface area contributed by atoms with E-state index in [2.05, 4.69) is 53.8 Å². The number of aromatic nitrogens is 7. The molecule has 0 amide bonds. The molecule has 0 aliphatic rings. The molecule has 0 unspecified atom stereocenters. The molecule has 5 aromatic heterocycles. The normalized spacial score (nSPS) is 11.7. The van der Waals surface area contributed by atoms with E-state index in [9.17, 15) is 4.39 Å². The van der Waals surface area contributed by atoms with E-state index in [1.165, 1.54) is 12.1 Å². The summed E-state index contributed by atoms with van der Waals surface area (Å²) in [6, 6.07) is 10.9. The fourth-order valence-electron chi connectivity index (χ4n) is 4.82. The van der Waals surface area contributed by atoms with Crippen LogP contribution in [0.25, 0.3) is 56.0 Å². The quantitative estimate of drug-likeness (QED) is 0.184. The van der Waals surface area contributed by atoms with Gasteiger partial charge in [0, 0.05) is 54.9 Å². The van der Waals surface area contributed by atoms with Crippen LogP contribution in [-0.4, -0.2) is 67.3 Å². The minimum Gasteiger partial charge on any atom is -0.336 e. The van der Waals surface area contributed by atoms with Crippen LogP contribution >= 0.6 is 0 Å². The van der Waals surface area contributed by atoms with Gasteiger partial charge in [0.25, 0.3) is 0 Å². The van der Waals surface area contributed by atoms with E-state index in [1.54, 1.807) is 12.4 Å². The van der Waals surface area contributed by atoms with Crippen molar-refractivity contribution in [3.8, 4) is 34.0 Å². The maximum absolute atomic E-state index is 14.6. The fourth-order valence-corrected chi connectivity index (χ4v) is 4.82. The smallest absolute Gasteiger partial charge is 0.159 e. The molecule has 0 fully saturated rings. The Morgan fingerprint density at radius 1 is 0.878 bits per heavy atom. The van der Waals surface area contributed by atoms with Crippen LogP contribution in [0.5, 0.6) is 0 Å². The molecule has 6 rings (SSSR count). The number of imidazole rings is 1. The molecule has 5 heterocycles. The highest BCUT2D eigenvalue weighted by Crippen LogP contribution is 2.32. The first-order valence-electron chi connectivity index (χ1n) is 13.5. The van der Waals surface area contributed by atoms with Crippen LogP contribution in [0.3, 0.4) is 0 Å². The maximum atomic E-state index is 14.6. The van der Waals surface area contributed by atoms with E-state index >= 15 is 0 Å². The van der Waals surface area contributed by atoms with Crippen molar-refractivity contribution in [3.63, 3.8) is 0 Å². The summed E-state index contributed by atoms with van der Waals surface area (Å²) in [5.41, 5.74) is 7.78. The molecule has 41 heavy (non-hydrogen) atoms. The van der Waals surface area contributed by atoms with Gasteiger partial charge in [0.1, 0.15) is 17.0 Å². The van der Waals surface area contributed by atoms with Crippen LogP contribution in [0.1, 0.15) is 18.1 Å². The van der Waals surface area contributed by atoms with Crippen LogP contribution in [0.2, 0.25) is 0 Å². The second kappa shape index (κ2) is 11.5. The van der Waals surface area contributed by atoms with Crippen LogP contribution in [-0.2, 0) is 13.1 Å². The Balaban J connectivity index is 1.37. The van der Waals surface area contributed by atoms with E-state index in [1.807, 2.05) is 49.6 Å². The van der Waals surface area contributed by atoms with Gasteiger partial charge in [0.05, 0.1) is 28.6 Å². The number of aromatic amines is 2. The average molecular weight is 551 g/mol.